The maximum absolute atomic E-state index is 12.8. The summed E-state index contributed by atoms with van der Waals surface area (Å²) in [6.07, 6.45) is 1.65. The van der Waals surface area contributed by atoms with Gasteiger partial charge in [0.05, 0.1) is 16.1 Å². The molecule has 3 N–H and O–H groups in total. The highest BCUT2D eigenvalue weighted by Crippen LogP contribution is 2.32. The highest BCUT2D eigenvalue weighted by molar-refractivity contribution is 9.10. The first-order valence-corrected chi connectivity index (χ1v) is 11.2. The summed E-state index contributed by atoms with van der Waals surface area (Å²) in [7, 11) is -3.68. The minimum absolute atomic E-state index is 0.0250. The predicted octanol–water partition coefficient (Wildman–Crippen LogP) is 4.15. The van der Waals surface area contributed by atoms with E-state index in [0.717, 1.165) is 18.4 Å². The molecule has 1 fully saturated rings. The van der Waals surface area contributed by atoms with Crippen molar-refractivity contribution in [2.45, 2.75) is 50.0 Å². The molecule has 1 amide bonds. The fraction of sp³-hybridized carbons (Fsp3) is 0.350. The lowest BCUT2D eigenvalue weighted by atomic mass is 9.87. The molecule has 0 unspecified atom stereocenters. The summed E-state index contributed by atoms with van der Waals surface area (Å²) < 4.78 is 27.9. The molecule has 2 aromatic carbocycles. The normalized spacial score (nSPS) is 14.7. The highest BCUT2D eigenvalue weighted by Gasteiger charge is 2.28. The topological polar surface area (TPSA) is 95.5 Å². The molecule has 1 saturated carbocycles. The third-order valence-electron chi connectivity index (χ3n) is 4.50. The molecule has 0 heterocycles. The maximum Gasteiger partial charge on any atom is 0.256 e. The van der Waals surface area contributed by atoms with E-state index in [9.17, 15) is 18.3 Å². The molecule has 0 aliphatic heterocycles. The fourth-order valence-corrected chi connectivity index (χ4v) is 4.38. The molecule has 0 aromatic heterocycles. The second-order valence-electron chi connectivity index (χ2n) is 7.97. The zero-order chi connectivity index (χ0) is 20.7. The number of amides is 1. The average Bonchev–Trinajstić information content (AvgIpc) is 3.39. The highest BCUT2D eigenvalue weighted by atomic mass is 79.9. The summed E-state index contributed by atoms with van der Waals surface area (Å²) in [5.74, 6) is -0.576. The molecule has 3 rings (SSSR count). The Hall–Kier alpha value is -1.90. The number of phenolic OH excluding ortho intramolecular Hbond substituents is 1. The van der Waals surface area contributed by atoms with Crippen LogP contribution >= 0.6 is 15.9 Å². The molecule has 28 heavy (non-hydrogen) atoms. The van der Waals surface area contributed by atoms with Crippen LogP contribution in [0.1, 0.15) is 49.5 Å². The van der Waals surface area contributed by atoms with Crippen LogP contribution in [0.25, 0.3) is 0 Å². The van der Waals surface area contributed by atoms with Crippen LogP contribution in [0.5, 0.6) is 5.75 Å². The van der Waals surface area contributed by atoms with Crippen molar-refractivity contribution in [3.63, 3.8) is 0 Å². The van der Waals surface area contributed by atoms with Crippen LogP contribution in [0.2, 0.25) is 0 Å². The van der Waals surface area contributed by atoms with Crippen LogP contribution in [0.3, 0.4) is 0 Å². The molecular formula is C20H23BrN2O4S. The van der Waals surface area contributed by atoms with Gasteiger partial charge in [-0.15, -0.1) is 0 Å². The Balaban J connectivity index is 1.90. The Bertz CT molecular complexity index is 1020. The number of sulfonamides is 1. The van der Waals surface area contributed by atoms with Gasteiger partial charge in [0.25, 0.3) is 5.91 Å². The van der Waals surface area contributed by atoms with Crippen molar-refractivity contribution in [3.8, 4) is 5.75 Å². The monoisotopic (exact) mass is 466 g/mol. The number of phenols is 1. The van der Waals surface area contributed by atoms with Gasteiger partial charge in [0.2, 0.25) is 10.0 Å². The van der Waals surface area contributed by atoms with Crippen molar-refractivity contribution in [3.05, 3.63) is 52.0 Å². The lowest BCUT2D eigenvalue weighted by Gasteiger charge is -2.20. The second kappa shape index (κ2) is 7.50. The van der Waals surface area contributed by atoms with E-state index in [1.807, 2.05) is 20.8 Å². The zero-order valence-corrected chi connectivity index (χ0v) is 18.3. The van der Waals surface area contributed by atoms with Crippen molar-refractivity contribution < 1.29 is 18.3 Å². The number of rotatable bonds is 5. The third-order valence-corrected chi connectivity index (χ3v) is 6.71. The molecule has 150 valence electrons. The fourth-order valence-electron chi connectivity index (χ4n) is 2.63. The van der Waals surface area contributed by atoms with E-state index in [-0.39, 0.29) is 33.4 Å². The minimum Gasteiger partial charge on any atom is -0.506 e. The van der Waals surface area contributed by atoms with Crippen LogP contribution in [0.4, 0.5) is 5.69 Å². The Morgan fingerprint density at radius 2 is 1.82 bits per heavy atom. The number of hydrogen-bond donors (Lipinski definition) is 3. The number of halogens is 1. The maximum atomic E-state index is 12.8. The molecule has 0 atom stereocenters. The number of aromatic hydroxyl groups is 1. The summed E-state index contributed by atoms with van der Waals surface area (Å²) in [4.78, 5) is 12.8. The SMILES string of the molecule is CC(C)(C)c1ccc(O)c(NC(=O)c2cc(S(=O)(=O)NC3CC3)ccc2Br)c1. The van der Waals surface area contributed by atoms with Crippen molar-refractivity contribution in [2.75, 3.05) is 5.32 Å². The molecular weight excluding hydrogens is 444 g/mol. The summed E-state index contributed by atoms with van der Waals surface area (Å²) >= 11 is 3.30. The number of hydrogen-bond acceptors (Lipinski definition) is 4. The van der Waals surface area contributed by atoms with E-state index in [2.05, 4.69) is 26.0 Å². The molecule has 1 aliphatic rings. The van der Waals surface area contributed by atoms with Crippen molar-refractivity contribution in [1.29, 1.82) is 0 Å². The molecule has 6 nitrogen and oxygen atoms in total. The molecule has 8 heteroatoms. The van der Waals surface area contributed by atoms with Gasteiger partial charge in [0.15, 0.2) is 0 Å². The quantitative estimate of drug-likeness (QED) is 0.576. The summed E-state index contributed by atoms with van der Waals surface area (Å²) in [5.41, 5.74) is 1.23. The van der Waals surface area contributed by atoms with Crippen molar-refractivity contribution in [1.82, 2.24) is 4.72 Å². The molecule has 0 bridgehead atoms. The standard InChI is InChI=1S/C20H23BrN2O4S/c1-20(2,3)12-4-9-18(24)17(10-12)22-19(25)15-11-14(7-8-16(15)21)28(26,27)23-13-5-6-13/h4,7-11,13,23-24H,5-6H2,1-3H3,(H,22,25). The van der Waals surface area contributed by atoms with Crippen LogP contribution in [-0.4, -0.2) is 25.5 Å². The van der Waals surface area contributed by atoms with Gasteiger partial charge in [-0.1, -0.05) is 26.8 Å². The van der Waals surface area contributed by atoms with Gasteiger partial charge in [0.1, 0.15) is 5.75 Å². The van der Waals surface area contributed by atoms with Gasteiger partial charge in [-0.05, 0) is 70.1 Å². The van der Waals surface area contributed by atoms with Crippen LogP contribution in [0, 0.1) is 0 Å². The second-order valence-corrected chi connectivity index (χ2v) is 10.5. The molecule has 0 radical (unpaired) electrons. The van der Waals surface area contributed by atoms with Gasteiger partial charge in [-0.2, -0.15) is 0 Å². The number of benzene rings is 2. The summed E-state index contributed by atoms with van der Waals surface area (Å²) in [6, 6.07) is 9.34. The van der Waals surface area contributed by atoms with Crippen LogP contribution < -0.4 is 10.0 Å². The van der Waals surface area contributed by atoms with E-state index in [4.69, 9.17) is 0 Å². The number of anilines is 1. The van der Waals surface area contributed by atoms with Crippen molar-refractivity contribution in [2.24, 2.45) is 0 Å². The lowest BCUT2D eigenvalue weighted by Crippen LogP contribution is -2.26. The number of carbonyl (C=O) groups excluding carboxylic acids is 1. The number of carbonyl (C=O) groups is 1. The predicted molar refractivity (Wildman–Crippen MR) is 112 cm³/mol. The average molecular weight is 467 g/mol. The van der Waals surface area contributed by atoms with Crippen LogP contribution in [-0.2, 0) is 15.4 Å². The lowest BCUT2D eigenvalue weighted by molar-refractivity contribution is 0.102. The van der Waals surface area contributed by atoms with E-state index < -0.39 is 15.9 Å². The first kappa shape index (κ1) is 20.8. The van der Waals surface area contributed by atoms with Gasteiger partial charge in [-0.25, -0.2) is 13.1 Å². The summed E-state index contributed by atoms with van der Waals surface area (Å²) in [6.45, 7) is 6.09. The van der Waals surface area contributed by atoms with E-state index in [0.29, 0.717) is 4.47 Å². The largest absolute Gasteiger partial charge is 0.506 e. The van der Waals surface area contributed by atoms with Crippen LogP contribution in [0.15, 0.2) is 45.8 Å². The Labute approximate surface area is 173 Å². The first-order valence-electron chi connectivity index (χ1n) is 8.94. The minimum atomic E-state index is -3.68. The van der Waals surface area contributed by atoms with Gasteiger partial charge < -0.3 is 10.4 Å². The first-order chi connectivity index (χ1) is 13.0. The van der Waals surface area contributed by atoms with E-state index in [1.54, 1.807) is 12.1 Å². The smallest absolute Gasteiger partial charge is 0.256 e. The van der Waals surface area contributed by atoms with E-state index >= 15 is 0 Å². The Kier molecular flexibility index (Phi) is 5.58. The molecule has 2 aromatic rings. The third kappa shape index (κ3) is 4.74. The number of nitrogens with one attached hydrogen (secondary N) is 2. The van der Waals surface area contributed by atoms with E-state index in [1.165, 1.54) is 24.3 Å². The Morgan fingerprint density at radius 1 is 1.14 bits per heavy atom. The van der Waals surface area contributed by atoms with Gasteiger partial charge in [0, 0.05) is 10.5 Å². The zero-order valence-electron chi connectivity index (χ0n) is 15.9. The molecule has 0 saturated heterocycles. The van der Waals surface area contributed by atoms with Gasteiger partial charge >= 0.3 is 0 Å². The summed E-state index contributed by atoms with van der Waals surface area (Å²) in [5, 5.41) is 12.8. The molecule has 0 spiro atoms. The Morgan fingerprint density at radius 3 is 2.43 bits per heavy atom. The molecule has 1 aliphatic carbocycles. The van der Waals surface area contributed by atoms with Crippen molar-refractivity contribution >= 4 is 37.5 Å². The van der Waals surface area contributed by atoms with Gasteiger partial charge in [-0.3, -0.25) is 4.79 Å².